The molecule has 21 heavy (non-hydrogen) atoms. The van der Waals surface area contributed by atoms with Crippen LogP contribution in [0.5, 0.6) is 5.75 Å². The quantitative estimate of drug-likeness (QED) is 0.787. The molecule has 0 bridgehead atoms. The molecule has 0 saturated carbocycles. The molecule has 4 nitrogen and oxygen atoms in total. The third-order valence-electron chi connectivity index (χ3n) is 3.40. The molecule has 0 aliphatic carbocycles. The van der Waals surface area contributed by atoms with Crippen molar-refractivity contribution in [2.75, 3.05) is 12.4 Å². The van der Waals surface area contributed by atoms with Crippen molar-refractivity contribution in [2.24, 2.45) is 0 Å². The first-order valence-electron chi connectivity index (χ1n) is 6.82. The number of aromatic nitrogens is 2. The van der Waals surface area contributed by atoms with Gasteiger partial charge in [-0.15, -0.1) is 0 Å². The van der Waals surface area contributed by atoms with Crippen molar-refractivity contribution in [3.63, 3.8) is 0 Å². The van der Waals surface area contributed by atoms with Gasteiger partial charge in [0.2, 0.25) is 5.95 Å². The first-order chi connectivity index (χ1) is 10.2. The Morgan fingerprint density at radius 2 is 1.71 bits per heavy atom. The lowest BCUT2D eigenvalue weighted by Crippen LogP contribution is -1.99. The lowest BCUT2D eigenvalue weighted by atomic mass is 10.2. The molecule has 0 unspecified atom stereocenters. The molecule has 0 radical (unpaired) electrons. The molecule has 106 valence electrons. The average Bonchev–Trinajstić information content (AvgIpc) is 2.49. The summed E-state index contributed by atoms with van der Waals surface area (Å²) >= 11 is 0. The van der Waals surface area contributed by atoms with Crippen molar-refractivity contribution in [1.82, 2.24) is 9.97 Å². The largest absolute Gasteiger partial charge is 0.497 e. The number of nitrogens with one attached hydrogen (secondary N) is 1. The zero-order valence-electron chi connectivity index (χ0n) is 12.3. The maximum atomic E-state index is 5.25. The van der Waals surface area contributed by atoms with Gasteiger partial charge >= 0.3 is 0 Å². The molecule has 0 atom stereocenters. The van der Waals surface area contributed by atoms with E-state index in [1.807, 2.05) is 37.3 Å². The smallest absolute Gasteiger partial charge is 0.228 e. The Balaban J connectivity index is 2.00. The summed E-state index contributed by atoms with van der Waals surface area (Å²) in [7, 11) is 1.65. The van der Waals surface area contributed by atoms with Crippen LogP contribution in [0.15, 0.2) is 42.5 Å². The van der Waals surface area contributed by atoms with E-state index < -0.39 is 0 Å². The predicted molar refractivity (Wildman–Crippen MR) is 85.3 cm³/mol. The molecule has 3 aromatic rings. The predicted octanol–water partition coefficient (Wildman–Crippen LogP) is 4.00. The summed E-state index contributed by atoms with van der Waals surface area (Å²) < 4.78 is 5.25. The molecule has 3 rings (SSSR count). The molecule has 1 heterocycles. The van der Waals surface area contributed by atoms with Crippen LogP contribution in [0.1, 0.15) is 11.3 Å². The third-order valence-corrected chi connectivity index (χ3v) is 3.40. The van der Waals surface area contributed by atoms with Crippen LogP contribution in [0.2, 0.25) is 0 Å². The number of anilines is 2. The van der Waals surface area contributed by atoms with E-state index in [0.29, 0.717) is 5.95 Å². The fourth-order valence-electron chi connectivity index (χ4n) is 2.22. The van der Waals surface area contributed by atoms with Gasteiger partial charge in [-0.1, -0.05) is 17.7 Å². The van der Waals surface area contributed by atoms with Crippen molar-refractivity contribution in [3.05, 3.63) is 53.7 Å². The molecule has 0 saturated heterocycles. The average molecular weight is 279 g/mol. The van der Waals surface area contributed by atoms with Crippen molar-refractivity contribution in [3.8, 4) is 5.75 Å². The Bertz CT molecular complexity index is 782. The normalized spacial score (nSPS) is 10.6. The first kappa shape index (κ1) is 13.4. The van der Waals surface area contributed by atoms with E-state index in [0.717, 1.165) is 28.0 Å². The van der Waals surface area contributed by atoms with Crippen LogP contribution in [0, 0.1) is 13.8 Å². The van der Waals surface area contributed by atoms with Crippen molar-refractivity contribution in [2.45, 2.75) is 13.8 Å². The van der Waals surface area contributed by atoms with Crippen LogP contribution >= 0.6 is 0 Å². The second-order valence-corrected chi connectivity index (χ2v) is 5.01. The molecule has 0 aliphatic heterocycles. The molecule has 4 heteroatoms. The Morgan fingerprint density at radius 3 is 2.43 bits per heavy atom. The van der Waals surface area contributed by atoms with Gasteiger partial charge in [0.25, 0.3) is 0 Å². The fourth-order valence-corrected chi connectivity index (χ4v) is 2.22. The van der Waals surface area contributed by atoms with Crippen LogP contribution < -0.4 is 10.1 Å². The van der Waals surface area contributed by atoms with Gasteiger partial charge in [-0.3, -0.25) is 0 Å². The number of ether oxygens (including phenoxy) is 1. The molecule has 0 aliphatic rings. The highest BCUT2D eigenvalue weighted by atomic mass is 16.5. The van der Waals surface area contributed by atoms with E-state index >= 15 is 0 Å². The topological polar surface area (TPSA) is 47.0 Å². The monoisotopic (exact) mass is 279 g/mol. The van der Waals surface area contributed by atoms with Gasteiger partial charge in [0.15, 0.2) is 0 Å². The summed E-state index contributed by atoms with van der Waals surface area (Å²) in [5, 5.41) is 4.27. The number of hydrogen-bond acceptors (Lipinski definition) is 4. The highest BCUT2D eigenvalue weighted by Crippen LogP contribution is 2.23. The summed E-state index contributed by atoms with van der Waals surface area (Å²) in [5.74, 6) is 1.39. The maximum Gasteiger partial charge on any atom is 0.228 e. The van der Waals surface area contributed by atoms with Crippen molar-refractivity contribution in [1.29, 1.82) is 0 Å². The number of aryl methyl sites for hydroxylation is 2. The lowest BCUT2D eigenvalue weighted by molar-refractivity contribution is 0.415. The van der Waals surface area contributed by atoms with Crippen LogP contribution in [0.4, 0.5) is 11.6 Å². The Kier molecular flexibility index (Phi) is 3.44. The van der Waals surface area contributed by atoms with Crippen molar-refractivity contribution < 1.29 is 4.74 Å². The summed E-state index contributed by atoms with van der Waals surface area (Å²) in [6.45, 7) is 4.05. The van der Waals surface area contributed by atoms with Gasteiger partial charge in [0.1, 0.15) is 5.75 Å². The van der Waals surface area contributed by atoms with Gasteiger partial charge in [-0.2, -0.15) is 0 Å². The zero-order chi connectivity index (χ0) is 14.8. The third kappa shape index (κ3) is 2.79. The van der Waals surface area contributed by atoms with Crippen molar-refractivity contribution >= 4 is 22.5 Å². The van der Waals surface area contributed by atoms with Gasteiger partial charge < -0.3 is 10.1 Å². The molecule has 0 fully saturated rings. The molecular formula is C17H17N3O. The summed E-state index contributed by atoms with van der Waals surface area (Å²) in [6, 6.07) is 14.0. The molecule has 1 aromatic heterocycles. The Hall–Kier alpha value is -2.62. The standard InChI is InChI=1S/C17H17N3O/c1-11-4-6-13(7-5-11)19-17-18-12(2)15-9-8-14(21-3)10-16(15)20-17/h4-10H,1-3H3,(H,18,19,20). The van der Waals surface area contributed by atoms with Crippen LogP contribution in [0.3, 0.4) is 0 Å². The molecule has 0 amide bonds. The summed E-state index contributed by atoms with van der Waals surface area (Å²) in [4.78, 5) is 9.07. The number of fused-ring (bicyclic) bond motifs is 1. The maximum absolute atomic E-state index is 5.25. The van der Waals surface area contributed by atoms with E-state index in [9.17, 15) is 0 Å². The number of methoxy groups -OCH3 is 1. The van der Waals surface area contributed by atoms with Gasteiger partial charge in [0, 0.05) is 17.1 Å². The SMILES string of the molecule is COc1ccc2c(C)nc(Nc3ccc(C)cc3)nc2c1. The minimum atomic E-state index is 0.595. The van der Waals surface area contributed by atoms with Crippen LogP contribution in [-0.4, -0.2) is 17.1 Å². The van der Waals surface area contributed by atoms with Gasteiger partial charge in [-0.05, 0) is 38.1 Å². The molecule has 1 N–H and O–H groups in total. The van der Waals surface area contributed by atoms with Crippen LogP contribution in [0.25, 0.3) is 10.9 Å². The first-order valence-corrected chi connectivity index (χ1v) is 6.82. The van der Waals surface area contributed by atoms with E-state index in [1.54, 1.807) is 7.11 Å². The Labute approximate surface area is 123 Å². The van der Waals surface area contributed by atoms with E-state index in [2.05, 4.69) is 34.3 Å². The van der Waals surface area contributed by atoms with Crippen LogP contribution in [-0.2, 0) is 0 Å². The van der Waals surface area contributed by atoms with Gasteiger partial charge in [0.05, 0.1) is 18.3 Å². The minimum absolute atomic E-state index is 0.595. The summed E-state index contributed by atoms with van der Waals surface area (Å²) in [6.07, 6.45) is 0. The number of hydrogen-bond donors (Lipinski definition) is 1. The molecule has 0 spiro atoms. The summed E-state index contributed by atoms with van der Waals surface area (Å²) in [5.41, 5.74) is 4.01. The number of nitrogens with zero attached hydrogens (tertiary/aromatic N) is 2. The second-order valence-electron chi connectivity index (χ2n) is 5.01. The highest BCUT2D eigenvalue weighted by molar-refractivity contribution is 5.83. The van der Waals surface area contributed by atoms with E-state index in [4.69, 9.17) is 4.74 Å². The number of rotatable bonds is 3. The lowest BCUT2D eigenvalue weighted by Gasteiger charge is -2.09. The van der Waals surface area contributed by atoms with E-state index in [-0.39, 0.29) is 0 Å². The van der Waals surface area contributed by atoms with E-state index in [1.165, 1.54) is 5.56 Å². The Morgan fingerprint density at radius 1 is 0.952 bits per heavy atom. The minimum Gasteiger partial charge on any atom is -0.497 e. The number of benzene rings is 2. The molecule has 2 aromatic carbocycles. The second kappa shape index (κ2) is 5.40. The van der Waals surface area contributed by atoms with Gasteiger partial charge in [-0.25, -0.2) is 9.97 Å². The molecular weight excluding hydrogens is 262 g/mol. The zero-order valence-corrected chi connectivity index (χ0v) is 12.3. The fraction of sp³-hybridized carbons (Fsp3) is 0.176. The highest BCUT2D eigenvalue weighted by Gasteiger charge is 2.06.